The van der Waals surface area contributed by atoms with E-state index in [1.54, 1.807) is 42.1 Å². The van der Waals surface area contributed by atoms with Gasteiger partial charge in [0.1, 0.15) is 0 Å². The highest BCUT2D eigenvalue weighted by atomic mass is 32.2. The second-order valence-electron chi connectivity index (χ2n) is 6.40. The second kappa shape index (κ2) is 8.44. The van der Waals surface area contributed by atoms with Crippen LogP contribution in [0.3, 0.4) is 0 Å². The van der Waals surface area contributed by atoms with Crippen LogP contribution >= 0.6 is 11.8 Å². The average molecular weight is 414 g/mol. The second-order valence-corrected chi connectivity index (χ2v) is 7.53. The van der Waals surface area contributed by atoms with E-state index in [1.807, 2.05) is 6.07 Å². The molecule has 0 saturated carbocycles. The van der Waals surface area contributed by atoms with Gasteiger partial charge in [-0.05, 0) is 35.9 Å². The van der Waals surface area contributed by atoms with Gasteiger partial charge in [-0.2, -0.15) is 0 Å². The first-order valence-electron chi connectivity index (χ1n) is 8.97. The summed E-state index contributed by atoms with van der Waals surface area (Å²) in [6.07, 6.45) is 0.419. The molecule has 8 nitrogen and oxygen atoms in total. The number of fused-ring (bicyclic) bond motifs is 2. The zero-order valence-corrected chi connectivity index (χ0v) is 16.2. The van der Waals surface area contributed by atoms with Crippen molar-refractivity contribution in [2.75, 3.05) is 24.5 Å². The Kier molecular flexibility index (Phi) is 5.57. The minimum absolute atomic E-state index is 0.0929. The van der Waals surface area contributed by atoms with E-state index in [2.05, 4.69) is 10.6 Å². The van der Waals surface area contributed by atoms with E-state index in [0.717, 1.165) is 10.5 Å². The third-order valence-electron chi connectivity index (χ3n) is 4.34. The Morgan fingerprint density at radius 1 is 1.14 bits per heavy atom. The summed E-state index contributed by atoms with van der Waals surface area (Å²) in [5.74, 6) is 0.849. The molecular weight excluding hydrogens is 396 g/mol. The molecule has 2 aromatic rings. The Balaban J connectivity index is 1.29. The third-order valence-corrected chi connectivity index (χ3v) is 5.41. The number of carbonyl (C=O) groups excluding carboxylic acids is 3. The number of ether oxygens (including phenoxy) is 3. The molecule has 29 heavy (non-hydrogen) atoms. The van der Waals surface area contributed by atoms with Crippen molar-refractivity contribution in [3.63, 3.8) is 0 Å². The molecule has 2 amide bonds. The quantitative estimate of drug-likeness (QED) is 0.724. The van der Waals surface area contributed by atoms with Crippen LogP contribution in [0.5, 0.6) is 11.5 Å². The number of rotatable bonds is 5. The largest absolute Gasteiger partial charge is 0.454 e. The molecule has 0 fully saturated rings. The SMILES string of the molecule is O=C(COC(=O)c1ccc2c(c1)NC(=O)CCS2)NCc1ccc2c(c1)OCO2. The Morgan fingerprint density at radius 2 is 2.00 bits per heavy atom. The number of amides is 2. The molecule has 0 aliphatic carbocycles. The molecule has 150 valence electrons. The summed E-state index contributed by atoms with van der Waals surface area (Å²) in [7, 11) is 0. The Bertz CT molecular complexity index is 977. The summed E-state index contributed by atoms with van der Waals surface area (Å²) in [5.41, 5.74) is 1.70. The van der Waals surface area contributed by atoms with Crippen molar-refractivity contribution in [1.29, 1.82) is 0 Å². The van der Waals surface area contributed by atoms with Gasteiger partial charge in [0.15, 0.2) is 18.1 Å². The van der Waals surface area contributed by atoms with Gasteiger partial charge in [0.25, 0.3) is 5.91 Å². The predicted octanol–water partition coefficient (Wildman–Crippen LogP) is 2.32. The van der Waals surface area contributed by atoms with E-state index in [4.69, 9.17) is 14.2 Å². The molecule has 0 unspecified atom stereocenters. The van der Waals surface area contributed by atoms with Gasteiger partial charge in [-0.15, -0.1) is 11.8 Å². The highest BCUT2D eigenvalue weighted by Gasteiger charge is 2.17. The van der Waals surface area contributed by atoms with Gasteiger partial charge < -0.3 is 24.8 Å². The molecule has 4 rings (SSSR count). The minimum atomic E-state index is -0.630. The maximum atomic E-state index is 12.3. The van der Waals surface area contributed by atoms with Crippen molar-refractivity contribution in [3.8, 4) is 11.5 Å². The zero-order valence-electron chi connectivity index (χ0n) is 15.4. The van der Waals surface area contributed by atoms with E-state index in [1.165, 1.54) is 0 Å². The fourth-order valence-corrected chi connectivity index (χ4v) is 3.80. The average Bonchev–Trinajstić information content (AvgIpc) is 3.10. The summed E-state index contributed by atoms with van der Waals surface area (Å²) in [4.78, 5) is 36.8. The normalized spacial score (nSPS) is 14.4. The van der Waals surface area contributed by atoms with Crippen LogP contribution in [0.25, 0.3) is 0 Å². The lowest BCUT2D eigenvalue weighted by molar-refractivity contribution is -0.124. The molecule has 2 heterocycles. The van der Waals surface area contributed by atoms with Crippen molar-refractivity contribution >= 4 is 35.2 Å². The van der Waals surface area contributed by atoms with Crippen molar-refractivity contribution < 1.29 is 28.6 Å². The van der Waals surface area contributed by atoms with Gasteiger partial charge in [-0.25, -0.2) is 4.79 Å². The Labute approximate surface area is 170 Å². The molecule has 0 spiro atoms. The summed E-state index contributed by atoms with van der Waals surface area (Å²) in [6.45, 7) is 0.0584. The monoisotopic (exact) mass is 414 g/mol. The highest BCUT2D eigenvalue weighted by molar-refractivity contribution is 7.99. The third kappa shape index (κ3) is 4.62. The molecule has 0 bridgehead atoms. The first-order valence-corrected chi connectivity index (χ1v) is 9.96. The van der Waals surface area contributed by atoms with Gasteiger partial charge in [0.05, 0.1) is 11.3 Å². The number of esters is 1. The van der Waals surface area contributed by atoms with E-state index < -0.39 is 18.5 Å². The number of nitrogens with one attached hydrogen (secondary N) is 2. The van der Waals surface area contributed by atoms with Gasteiger partial charge >= 0.3 is 5.97 Å². The molecule has 9 heteroatoms. The van der Waals surface area contributed by atoms with Gasteiger partial charge in [0, 0.05) is 23.6 Å². The first-order chi connectivity index (χ1) is 14.1. The molecule has 0 atom stereocenters. The molecule has 0 aromatic heterocycles. The van der Waals surface area contributed by atoms with Crippen molar-refractivity contribution in [2.45, 2.75) is 17.9 Å². The number of hydrogen-bond acceptors (Lipinski definition) is 7. The van der Waals surface area contributed by atoms with Crippen LogP contribution in [-0.2, 0) is 20.9 Å². The summed E-state index contributed by atoms with van der Waals surface area (Å²) >= 11 is 1.55. The number of benzene rings is 2. The lowest BCUT2D eigenvalue weighted by Crippen LogP contribution is -2.28. The molecule has 2 aromatic carbocycles. The lowest BCUT2D eigenvalue weighted by Gasteiger charge is -2.10. The standard InChI is InChI=1S/C20H18N2O6S/c23-18-5-6-29-17-4-2-13(8-14(17)22-18)20(25)26-10-19(24)21-9-12-1-3-15-16(7-12)28-11-27-15/h1-4,7-8H,5-6,9-11H2,(H,21,24)(H,22,23). The van der Waals surface area contributed by atoms with Crippen LogP contribution in [0, 0.1) is 0 Å². The summed E-state index contributed by atoms with van der Waals surface area (Å²) < 4.78 is 15.6. The van der Waals surface area contributed by atoms with Crippen molar-refractivity contribution in [3.05, 3.63) is 47.5 Å². The minimum Gasteiger partial charge on any atom is -0.454 e. The zero-order chi connectivity index (χ0) is 20.2. The van der Waals surface area contributed by atoms with Crippen LogP contribution in [0.4, 0.5) is 5.69 Å². The summed E-state index contributed by atoms with van der Waals surface area (Å²) in [5, 5.41) is 5.46. The Hall–Kier alpha value is -3.20. The van der Waals surface area contributed by atoms with E-state index >= 15 is 0 Å². The predicted molar refractivity (Wildman–Crippen MR) is 105 cm³/mol. The van der Waals surface area contributed by atoms with Crippen LogP contribution < -0.4 is 20.1 Å². The van der Waals surface area contributed by atoms with Crippen molar-refractivity contribution in [1.82, 2.24) is 5.32 Å². The molecular formula is C20H18N2O6S. The van der Waals surface area contributed by atoms with Crippen LogP contribution in [0.2, 0.25) is 0 Å². The first kappa shape index (κ1) is 19.1. The summed E-state index contributed by atoms with van der Waals surface area (Å²) in [6, 6.07) is 10.3. The molecule has 0 saturated heterocycles. The van der Waals surface area contributed by atoms with Crippen LogP contribution in [0.15, 0.2) is 41.3 Å². The number of carbonyl (C=O) groups is 3. The Morgan fingerprint density at radius 3 is 2.90 bits per heavy atom. The topological polar surface area (TPSA) is 103 Å². The van der Waals surface area contributed by atoms with Crippen molar-refractivity contribution in [2.24, 2.45) is 0 Å². The van der Waals surface area contributed by atoms with Gasteiger partial charge in [0.2, 0.25) is 12.7 Å². The number of anilines is 1. The van der Waals surface area contributed by atoms with E-state index in [-0.39, 0.29) is 24.8 Å². The smallest absolute Gasteiger partial charge is 0.338 e. The maximum Gasteiger partial charge on any atom is 0.338 e. The lowest BCUT2D eigenvalue weighted by atomic mass is 10.2. The number of hydrogen-bond donors (Lipinski definition) is 2. The van der Waals surface area contributed by atoms with E-state index in [9.17, 15) is 14.4 Å². The molecule has 0 radical (unpaired) electrons. The van der Waals surface area contributed by atoms with Crippen LogP contribution in [-0.4, -0.2) is 36.9 Å². The van der Waals surface area contributed by atoms with Gasteiger partial charge in [-0.3, -0.25) is 9.59 Å². The fourth-order valence-electron chi connectivity index (χ4n) is 2.86. The maximum absolute atomic E-state index is 12.3. The molecule has 2 N–H and O–H groups in total. The van der Waals surface area contributed by atoms with Crippen LogP contribution in [0.1, 0.15) is 22.3 Å². The fraction of sp³-hybridized carbons (Fsp3) is 0.250. The molecule has 2 aliphatic heterocycles. The number of thioether (sulfide) groups is 1. The molecule has 2 aliphatic rings. The highest BCUT2D eigenvalue weighted by Crippen LogP contribution is 2.33. The van der Waals surface area contributed by atoms with Gasteiger partial charge in [-0.1, -0.05) is 6.07 Å². The van der Waals surface area contributed by atoms with E-state index in [0.29, 0.717) is 29.4 Å².